The third-order valence-electron chi connectivity index (χ3n) is 2.37. The maximum absolute atomic E-state index is 11.5. The van der Waals surface area contributed by atoms with Crippen LogP contribution in [0.15, 0.2) is 6.20 Å². The summed E-state index contributed by atoms with van der Waals surface area (Å²) in [7, 11) is 1.73. The van der Waals surface area contributed by atoms with Gasteiger partial charge in [-0.1, -0.05) is 0 Å². The van der Waals surface area contributed by atoms with Crippen LogP contribution in [0.4, 0.5) is 5.82 Å². The molecule has 2 N–H and O–H groups in total. The minimum Gasteiger partial charge on any atom is -0.326 e. The van der Waals surface area contributed by atoms with E-state index in [1.54, 1.807) is 17.9 Å². The molecule has 6 nitrogen and oxygen atoms in total. The first-order valence-corrected chi connectivity index (χ1v) is 4.72. The van der Waals surface area contributed by atoms with E-state index in [9.17, 15) is 9.59 Å². The Bertz CT molecular complexity index is 408. The fourth-order valence-corrected chi connectivity index (χ4v) is 1.67. The van der Waals surface area contributed by atoms with E-state index in [0.29, 0.717) is 11.4 Å². The van der Waals surface area contributed by atoms with E-state index in [4.69, 9.17) is 5.73 Å². The van der Waals surface area contributed by atoms with Crippen LogP contribution in [0.2, 0.25) is 0 Å². The van der Waals surface area contributed by atoms with E-state index in [1.807, 2.05) is 0 Å². The average Bonchev–Trinajstić information content (AvgIpc) is 2.70. The van der Waals surface area contributed by atoms with Gasteiger partial charge in [0, 0.05) is 38.2 Å². The number of hydrogen-bond acceptors (Lipinski definition) is 4. The molecule has 0 atom stereocenters. The molecule has 15 heavy (non-hydrogen) atoms. The summed E-state index contributed by atoms with van der Waals surface area (Å²) in [6, 6.07) is 0. The van der Waals surface area contributed by atoms with Gasteiger partial charge in [-0.25, -0.2) is 4.90 Å². The van der Waals surface area contributed by atoms with Gasteiger partial charge in [-0.3, -0.25) is 14.3 Å². The second-order valence-electron chi connectivity index (χ2n) is 3.48. The number of aryl methyl sites for hydroxylation is 1. The predicted molar refractivity (Wildman–Crippen MR) is 52.8 cm³/mol. The van der Waals surface area contributed by atoms with Gasteiger partial charge in [-0.15, -0.1) is 0 Å². The number of hydrogen-bond donors (Lipinski definition) is 1. The van der Waals surface area contributed by atoms with E-state index in [2.05, 4.69) is 5.10 Å². The Kier molecular flexibility index (Phi) is 2.28. The number of nitrogens with zero attached hydrogens (tertiary/aromatic N) is 3. The van der Waals surface area contributed by atoms with Crippen molar-refractivity contribution in [1.29, 1.82) is 0 Å². The molecule has 2 heterocycles. The van der Waals surface area contributed by atoms with Gasteiger partial charge in [-0.2, -0.15) is 5.10 Å². The second-order valence-corrected chi connectivity index (χ2v) is 3.48. The van der Waals surface area contributed by atoms with Crippen LogP contribution in [0.5, 0.6) is 0 Å². The maximum Gasteiger partial charge on any atom is 0.235 e. The lowest BCUT2D eigenvalue weighted by atomic mass is 10.3. The molecule has 0 aliphatic carbocycles. The van der Waals surface area contributed by atoms with Gasteiger partial charge in [0.2, 0.25) is 11.8 Å². The highest BCUT2D eigenvalue weighted by atomic mass is 16.2. The summed E-state index contributed by atoms with van der Waals surface area (Å²) in [6.45, 7) is 0.264. The fraction of sp³-hybridized carbons (Fsp3) is 0.444. The number of anilines is 1. The summed E-state index contributed by atoms with van der Waals surface area (Å²) >= 11 is 0. The minimum atomic E-state index is -0.201. The lowest BCUT2D eigenvalue weighted by molar-refractivity contribution is -0.121. The van der Waals surface area contributed by atoms with E-state index in [1.165, 1.54) is 0 Å². The summed E-state index contributed by atoms with van der Waals surface area (Å²) < 4.78 is 1.55. The molecule has 0 radical (unpaired) electrons. The number of nitrogens with two attached hydrogens (primary N) is 1. The first-order valence-electron chi connectivity index (χ1n) is 4.72. The number of carbonyl (C=O) groups is 2. The quantitative estimate of drug-likeness (QED) is 0.666. The average molecular weight is 208 g/mol. The smallest absolute Gasteiger partial charge is 0.235 e. The van der Waals surface area contributed by atoms with Gasteiger partial charge >= 0.3 is 0 Å². The molecule has 1 aromatic heterocycles. The number of aromatic nitrogens is 2. The highest BCUT2D eigenvalue weighted by molar-refractivity contribution is 6.19. The highest BCUT2D eigenvalue weighted by Gasteiger charge is 2.33. The molecule has 1 aliphatic heterocycles. The van der Waals surface area contributed by atoms with Crippen molar-refractivity contribution in [2.75, 3.05) is 4.90 Å². The van der Waals surface area contributed by atoms with Gasteiger partial charge in [0.15, 0.2) is 5.82 Å². The summed E-state index contributed by atoms with van der Waals surface area (Å²) in [5.74, 6) is -0.0192. The Morgan fingerprint density at radius 1 is 1.40 bits per heavy atom. The molecule has 1 fully saturated rings. The molecule has 80 valence electrons. The minimum absolute atomic E-state index is 0.201. The molecule has 2 rings (SSSR count). The molecular formula is C9H12N4O2. The molecular weight excluding hydrogens is 196 g/mol. The normalized spacial score (nSPS) is 16.5. The number of imide groups is 1. The number of carbonyl (C=O) groups excluding carboxylic acids is 2. The Morgan fingerprint density at radius 2 is 2.00 bits per heavy atom. The molecule has 0 aromatic carbocycles. The summed E-state index contributed by atoms with van der Waals surface area (Å²) in [5.41, 5.74) is 6.23. The standard InChI is InChI=1S/C9H12N4O2/c1-12-5-6(4-10)9(11-12)13-7(14)2-3-8(13)15/h5H,2-4,10H2,1H3. The zero-order valence-electron chi connectivity index (χ0n) is 8.43. The zero-order valence-corrected chi connectivity index (χ0v) is 8.43. The lowest BCUT2D eigenvalue weighted by Crippen LogP contribution is -2.30. The molecule has 1 aliphatic rings. The van der Waals surface area contributed by atoms with Crippen molar-refractivity contribution in [3.05, 3.63) is 11.8 Å². The molecule has 0 bridgehead atoms. The van der Waals surface area contributed by atoms with Gasteiger partial charge < -0.3 is 5.73 Å². The molecule has 0 saturated carbocycles. The Balaban J connectivity index is 2.43. The van der Waals surface area contributed by atoms with Crippen LogP contribution in [0.1, 0.15) is 18.4 Å². The van der Waals surface area contributed by atoms with Crippen LogP contribution in [-0.2, 0) is 23.2 Å². The first-order chi connectivity index (χ1) is 7.13. The third-order valence-corrected chi connectivity index (χ3v) is 2.37. The van der Waals surface area contributed by atoms with Crippen molar-refractivity contribution in [3.63, 3.8) is 0 Å². The summed E-state index contributed by atoms with van der Waals surface area (Å²) in [4.78, 5) is 24.1. The van der Waals surface area contributed by atoms with Crippen molar-refractivity contribution in [2.45, 2.75) is 19.4 Å². The maximum atomic E-state index is 11.5. The Morgan fingerprint density at radius 3 is 2.53 bits per heavy atom. The van der Waals surface area contributed by atoms with Gasteiger partial charge in [-0.05, 0) is 0 Å². The van der Waals surface area contributed by atoms with Gasteiger partial charge in [0.05, 0.1) is 0 Å². The van der Waals surface area contributed by atoms with Crippen LogP contribution < -0.4 is 10.6 Å². The van der Waals surface area contributed by atoms with Gasteiger partial charge in [0.1, 0.15) is 0 Å². The highest BCUT2D eigenvalue weighted by Crippen LogP contribution is 2.23. The Hall–Kier alpha value is -1.69. The first kappa shape index (κ1) is 9.85. The van der Waals surface area contributed by atoms with E-state index >= 15 is 0 Å². The largest absolute Gasteiger partial charge is 0.326 e. The molecule has 2 amide bonds. The molecule has 1 saturated heterocycles. The molecule has 6 heteroatoms. The zero-order chi connectivity index (χ0) is 11.0. The third kappa shape index (κ3) is 1.52. The van der Waals surface area contributed by atoms with E-state index in [-0.39, 0.29) is 31.2 Å². The van der Waals surface area contributed by atoms with Crippen molar-refractivity contribution in [3.8, 4) is 0 Å². The summed E-state index contributed by atoms with van der Waals surface area (Å²) in [5, 5.41) is 4.09. The Labute approximate surface area is 86.6 Å². The van der Waals surface area contributed by atoms with Crippen LogP contribution in [-0.4, -0.2) is 21.6 Å². The fourth-order valence-electron chi connectivity index (χ4n) is 1.67. The van der Waals surface area contributed by atoms with Crippen LogP contribution >= 0.6 is 0 Å². The van der Waals surface area contributed by atoms with Crippen LogP contribution in [0.3, 0.4) is 0 Å². The van der Waals surface area contributed by atoms with Crippen molar-refractivity contribution in [1.82, 2.24) is 9.78 Å². The monoisotopic (exact) mass is 208 g/mol. The predicted octanol–water partition coefficient (Wildman–Crippen LogP) is -0.468. The lowest BCUT2D eigenvalue weighted by Gasteiger charge is -2.11. The van der Waals surface area contributed by atoms with E-state index in [0.717, 1.165) is 4.90 Å². The van der Waals surface area contributed by atoms with Crippen molar-refractivity contribution in [2.24, 2.45) is 12.8 Å². The molecule has 1 aromatic rings. The topological polar surface area (TPSA) is 81.2 Å². The SMILES string of the molecule is Cn1cc(CN)c(N2C(=O)CCC2=O)n1. The number of rotatable bonds is 2. The van der Waals surface area contributed by atoms with Gasteiger partial charge in [0.25, 0.3) is 0 Å². The molecule has 0 unspecified atom stereocenters. The van der Waals surface area contributed by atoms with Crippen molar-refractivity contribution >= 4 is 17.6 Å². The number of amides is 2. The van der Waals surface area contributed by atoms with E-state index < -0.39 is 0 Å². The van der Waals surface area contributed by atoms with Crippen LogP contribution in [0.25, 0.3) is 0 Å². The summed E-state index contributed by atoms with van der Waals surface area (Å²) in [6.07, 6.45) is 2.24. The van der Waals surface area contributed by atoms with Crippen molar-refractivity contribution < 1.29 is 9.59 Å². The molecule has 0 spiro atoms. The second kappa shape index (κ2) is 3.47. The van der Waals surface area contributed by atoms with Crippen LogP contribution in [0, 0.1) is 0 Å².